The predicted octanol–water partition coefficient (Wildman–Crippen LogP) is 5.31. The molecule has 0 heterocycles. The lowest BCUT2D eigenvalue weighted by molar-refractivity contribution is 0.169. The van der Waals surface area contributed by atoms with Gasteiger partial charge >= 0.3 is 0 Å². The second-order valence-electron chi connectivity index (χ2n) is 8.93. The van der Waals surface area contributed by atoms with Gasteiger partial charge in [0.15, 0.2) is 8.32 Å². The van der Waals surface area contributed by atoms with E-state index in [1.165, 1.54) is 24.8 Å². The molecule has 0 radical (unpaired) electrons. The quantitative estimate of drug-likeness (QED) is 0.626. The lowest BCUT2D eigenvalue weighted by Gasteiger charge is -2.42. The Kier molecular flexibility index (Phi) is 2.99. The maximum absolute atomic E-state index is 6.62. The average molecular weight is 291 g/mol. The summed E-state index contributed by atoms with van der Waals surface area (Å²) < 4.78 is 6.62. The van der Waals surface area contributed by atoms with E-state index in [9.17, 15) is 0 Å². The molecule has 0 aliphatic heterocycles. The van der Waals surface area contributed by atoms with E-state index in [1.807, 2.05) is 0 Å². The molecule has 3 aliphatic rings. The molecule has 0 amide bonds. The third-order valence-corrected chi connectivity index (χ3v) is 11.1. The van der Waals surface area contributed by atoms with Gasteiger partial charge in [0.1, 0.15) is 0 Å². The van der Waals surface area contributed by atoms with Crippen LogP contribution < -0.4 is 0 Å². The molecule has 112 valence electrons. The summed E-state index contributed by atoms with van der Waals surface area (Å²) in [6.07, 6.45) is 6.65. The largest absolute Gasteiger partial charge is 0.411 e. The maximum Gasteiger partial charge on any atom is 0.192 e. The Hall–Kier alpha value is -0.343. The van der Waals surface area contributed by atoms with E-state index in [1.54, 1.807) is 5.57 Å². The van der Waals surface area contributed by atoms with Crippen LogP contribution in [0.2, 0.25) is 18.1 Å². The van der Waals surface area contributed by atoms with Crippen LogP contribution in [0, 0.1) is 17.3 Å². The maximum atomic E-state index is 6.62. The smallest absolute Gasteiger partial charge is 0.192 e. The van der Waals surface area contributed by atoms with Gasteiger partial charge < -0.3 is 4.43 Å². The van der Waals surface area contributed by atoms with Gasteiger partial charge in [0, 0.05) is 0 Å². The second kappa shape index (κ2) is 4.10. The fourth-order valence-corrected chi connectivity index (χ4v) is 5.32. The summed E-state index contributed by atoms with van der Waals surface area (Å²) in [4.78, 5) is 0. The van der Waals surface area contributed by atoms with Crippen molar-refractivity contribution in [1.29, 1.82) is 0 Å². The highest BCUT2D eigenvalue weighted by molar-refractivity contribution is 6.74. The summed E-state index contributed by atoms with van der Waals surface area (Å²) in [7, 11) is -1.66. The highest BCUT2D eigenvalue weighted by atomic mass is 28.4. The van der Waals surface area contributed by atoms with E-state index in [4.69, 9.17) is 4.43 Å². The molecule has 0 saturated heterocycles. The number of fused-ring (bicyclic) bond motifs is 3. The van der Waals surface area contributed by atoms with Crippen LogP contribution in [-0.2, 0) is 4.43 Å². The topological polar surface area (TPSA) is 9.23 Å². The Morgan fingerprint density at radius 2 is 2.00 bits per heavy atom. The minimum atomic E-state index is -1.66. The molecule has 2 fully saturated rings. The molecule has 2 saturated carbocycles. The SMILES string of the molecule is C=C1C2=C[C@H](O[Si](C)(C)C(C)(C)C)CC[C@@]2(C)[C@@H]2C[C@H]12. The molecule has 20 heavy (non-hydrogen) atoms. The monoisotopic (exact) mass is 290 g/mol. The first-order chi connectivity index (χ1) is 9.06. The lowest BCUT2D eigenvalue weighted by atomic mass is 9.71. The molecule has 0 aromatic carbocycles. The average Bonchev–Trinajstić information content (AvgIpc) is 3.05. The van der Waals surface area contributed by atoms with Crippen molar-refractivity contribution in [3.8, 4) is 0 Å². The predicted molar refractivity (Wildman–Crippen MR) is 88.2 cm³/mol. The fraction of sp³-hybridized carbons (Fsp3) is 0.778. The Bertz CT molecular complexity index is 482. The molecule has 0 N–H and O–H groups in total. The molecule has 4 atom stereocenters. The highest BCUT2D eigenvalue weighted by Gasteiger charge is 2.60. The van der Waals surface area contributed by atoms with Gasteiger partial charge in [0.2, 0.25) is 0 Å². The van der Waals surface area contributed by atoms with Crippen LogP contribution in [0.1, 0.15) is 47.0 Å². The van der Waals surface area contributed by atoms with Crippen LogP contribution in [0.4, 0.5) is 0 Å². The van der Waals surface area contributed by atoms with Gasteiger partial charge in [-0.2, -0.15) is 0 Å². The fourth-order valence-electron chi connectivity index (χ4n) is 4.03. The Labute approximate surface area is 125 Å². The van der Waals surface area contributed by atoms with Crippen molar-refractivity contribution in [2.75, 3.05) is 0 Å². The number of allylic oxidation sites excluding steroid dienone is 2. The second-order valence-corrected chi connectivity index (χ2v) is 13.7. The molecule has 0 aromatic rings. The van der Waals surface area contributed by atoms with Gasteiger partial charge in [-0.25, -0.2) is 0 Å². The first kappa shape index (κ1) is 14.6. The van der Waals surface area contributed by atoms with Gasteiger partial charge in [-0.15, -0.1) is 0 Å². The summed E-state index contributed by atoms with van der Waals surface area (Å²) in [6.45, 7) is 18.5. The van der Waals surface area contributed by atoms with Gasteiger partial charge in [-0.3, -0.25) is 0 Å². The third-order valence-electron chi connectivity index (χ3n) is 6.57. The van der Waals surface area contributed by atoms with Crippen LogP contribution in [0.25, 0.3) is 0 Å². The van der Waals surface area contributed by atoms with Crippen LogP contribution >= 0.6 is 0 Å². The summed E-state index contributed by atoms with van der Waals surface area (Å²) in [5, 5.41) is 0.293. The van der Waals surface area contributed by atoms with Gasteiger partial charge in [0.25, 0.3) is 0 Å². The van der Waals surface area contributed by atoms with E-state index < -0.39 is 8.32 Å². The van der Waals surface area contributed by atoms with E-state index >= 15 is 0 Å². The number of hydrogen-bond acceptors (Lipinski definition) is 1. The van der Waals surface area contributed by atoms with Crippen molar-refractivity contribution in [2.24, 2.45) is 17.3 Å². The Balaban J connectivity index is 1.81. The van der Waals surface area contributed by atoms with E-state index in [0.29, 0.717) is 16.6 Å². The molecule has 0 bridgehead atoms. The summed E-state index contributed by atoms with van der Waals surface area (Å²) in [6, 6.07) is 0. The number of rotatable bonds is 2. The van der Waals surface area contributed by atoms with E-state index in [2.05, 4.69) is 53.4 Å². The van der Waals surface area contributed by atoms with Crippen LogP contribution in [-0.4, -0.2) is 14.4 Å². The summed E-state index contributed by atoms with van der Waals surface area (Å²) in [5.41, 5.74) is 3.41. The molecule has 1 nitrogen and oxygen atoms in total. The summed E-state index contributed by atoms with van der Waals surface area (Å²) in [5.74, 6) is 1.70. The van der Waals surface area contributed by atoms with E-state index in [0.717, 1.165) is 11.8 Å². The van der Waals surface area contributed by atoms with Crippen molar-refractivity contribution >= 4 is 8.32 Å². The van der Waals surface area contributed by atoms with Gasteiger partial charge in [-0.05, 0) is 65.8 Å². The van der Waals surface area contributed by atoms with E-state index in [-0.39, 0.29) is 0 Å². The zero-order valence-electron chi connectivity index (χ0n) is 14.0. The highest BCUT2D eigenvalue weighted by Crippen LogP contribution is 2.69. The lowest BCUT2D eigenvalue weighted by Crippen LogP contribution is -2.44. The normalized spacial score (nSPS) is 40.2. The van der Waals surface area contributed by atoms with Gasteiger partial charge in [0.05, 0.1) is 6.10 Å². The molecular formula is C18H30OSi. The molecule has 3 rings (SSSR count). The Morgan fingerprint density at radius 1 is 1.35 bits per heavy atom. The first-order valence-corrected chi connectivity index (χ1v) is 11.1. The molecule has 2 heteroatoms. The van der Waals surface area contributed by atoms with Crippen molar-refractivity contribution < 1.29 is 4.43 Å². The minimum absolute atomic E-state index is 0.293. The van der Waals surface area contributed by atoms with Crippen molar-refractivity contribution in [1.82, 2.24) is 0 Å². The van der Waals surface area contributed by atoms with Crippen molar-refractivity contribution in [2.45, 2.75) is 71.2 Å². The van der Waals surface area contributed by atoms with Crippen molar-refractivity contribution in [3.05, 3.63) is 23.8 Å². The first-order valence-electron chi connectivity index (χ1n) is 8.15. The van der Waals surface area contributed by atoms with Gasteiger partial charge in [-0.1, -0.05) is 40.3 Å². The molecule has 3 aliphatic carbocycles. The Morgan fingerprint density at radius 3 is 2.60 bits per heavy atom. The minimum Gasteiger partial charge on any atom is -0.411 e. The zero-order valence-corrected chi connectivity index (χ0v) is 15.0. The number of hydrogen-bond donors (Lipinski definition) is 0. The zero-order chi connectivity index (χ0) is 14.9. The molecule has 0 spiro atoms. The molecule has 0 unspecified atom stereocenters. The van der Waals surface area contributed by atoms with Crippen molar-refractivity contribution in [3.63, 3.8) is 0 Å². The standard InChI is InChI=1S/C18H30OSi/c1-12-14-11-16(14)18(5)9-8-13(10-15(12)18)19-20(6,7)17(2,3)4/h10,13-14,16H,1,8-9,11H2,2-7H3/t13-,14-,16-,18-/m1/s1. The van der Waals surface area contributed by atoms with Crippen LogP contribution in [0.15, 0.2) is 23.8 Å². The molecule has 0 aromatic heterocycles. The molecular weight excluding hydrogens is 260 g/mol. The summed E-state index contributed by atoms with van der Waals surface area (Å²) >= 11 is 0. The van der Waals surface area contributed by atoms with Crippen LogP contribution in [0.5, 0.6) is 0 Å². The third kappa shape index (κ3) is 1.99. The van der Waals surface area contributed by atoms with Crippen LogP contribution in [0.3, 0.4) is 0 Å².